The predicted octanol–water partition coefficient (Wildman–Crippen LogP) is 3.69. The highest BCUT2D eigenvalue weighted by Gasteiger charge is 2.32. The number of carbonyl (C=O) groups is 1. The van der Waals surface area contributed by atoms with Crippen molar-refractivity contribution in [3.05, 3.63) is 43.2 Å². The zero-order valence-corrected chi connectivity index (χ0v) is 19.4. The Kier molecular flexibility index (Phi) is 6.73. The molecule has 1 aromatic carbocycles. The minimum atomic E-state index is -3.58. The third kappa shape index (κ3) is 5.17. The summed E-state index contributed by atoms with van der Waals surface area (Å²) in [5, 5.41) is 5.74. The van der Waals surface area contributed by atoms with Gasteiger partial charge in [-0.05, 0) is 38.0 Å². The molecule has 3 rings (SSSR count). The van der Waals surface area contributed by atoms with Gasteiger partial charge in [0.05, 0.1) is 11.4 Å². The van der Waals surface area contributed by atoms with E-state index >= 15 is 0 Å². The first-order valence-corrected chi connectivity index (χ1v) is 12.3. The molecule has 1 N–H and O–H groups in total. The Labute approximate surface area is 179 Å². The molecule has 1 aliphatic heterocycles. The highest BCUT2D eigenvalue weighted by molar-refractivity contribution is 9.11. The number of amides is 1. The molecule has 1 fully saturated rings. The van der Waals surface area contributed by atoms with Crippen LogP contribution in [0.4, 0.5) is 0 Å². The first kappa shape index (κ1) is 20.9. The molecule has 1 saturated heterocycles. The van der Waals surface area contributed by atoms with Gasteiger partial charge < -0.3 is 5.32 Å². The molecule has 146 valence electrons. The van der Waals surface area contributed by atoms with E-state index in [0.717, 1.165) is 10.7 Å². The monoisotopic (exact) mass is 535 g/mol. The zero-order valence-electron chi connectivity index (χ0n) is 14.6. The molecule has 6 nitrogen and oxygen atoms in total. The third-order valence-corrected chi connectivity index (χ3v) is 8.14. The molecule has 0 radical (unpaired) electrons. The fraction of sp³-hybridized carbons (Fsp3) is 0.412. The van der Waals surface area contributed by atoms with Crippen molar-refractivity contribution in [2.45, 2.75) is 31.2 Å². The lowest BCUT2D eigenvalue weighted by Crippen LogP contribution is -2.42. The van der Waals surface area contributed by atoms with Crippen LogP contribution in [0.15, 0.2) is 37.4 Å². The maximum atomic E-state index is 12.9. The minimum Gasteiger partial charge on any atom is -0.349 e. The van der Waals surface area contributed by atoms with Gasteiger partial charge in [-0.15, -0.1) is 11.3 Å². The van der Waals surface area contributed by atoms with Crippen LogP contribution in [0.3, 0.4) is 0 Å². The van der Waals surface area contributed by atoms with Crippen molar-refractivity contribution in [1.82, 2.24) is 14.6 Å². The molecule has 10 heteroatoms. The smallest absolute Gasteiger partial charge is 0.243 e. The van der Waals surface area contributed by atoms with E-state index in [-0.39, 0.29) is 16.7 Å². The largest absolute Gasteiger partial charge is 0.349 e. The second-order valence-electron chi connectivity index (χ2n) is 6.38. The van der Waals surface area contributed by atoms with Crippen LogP contribution in [0.1, 0.15) is 23.5 Å². The Morgan fingerprint density at radius 3 is 2.44 bits per heavy atom. The van der Waals surface area contributed by atoms with E-state index in [0.29, 0.717) is 41.4 Å². The first-order valence-electron chi connectivity index (χ1n) is 8.40. The predicted molar refractivity (Wildman–Crippen MR) is 112 cm³/mol. The first-order chi connectivity index (χ1) is 12.8. The summed E-state index contributed by atoms with van der Waals surface area (Å²) in [6, 6.07) is 4.98. The van der Waals surface area contributed by atoms with Gasteiger partial charge in [0.2, 0.25) is 15.9 Å². The SMILES string of the molecule is Cc1csc(CNC(=O)C2CCN(S(=O)(=O)c3cc(Br)cc(Br)c3)CC2)n1. The molecule has 2 aromatic rings. The number of hydrogen-bond donors (Lipinski definition) is 1. The van der Waals surface area contributed by atoms with Crippen LogP contribution in [0.2, 0.25) is 0 Å². The number of halogens is 2. The zero-order chi connectivity index (χ0) is 19.6. The average Bonchev–Trinajstić information content (AvgIpc) is 3.04. The van der Waals surface area contributed by atoms with Crippen molar-refractivity contribution in [2.24, 2.45) is 5.92 Å². The highest BCUT2D eigenvalue weighted by Crippen LogP contribution is 2.28. The summed E-state index contributed by atoms with van der Waals surface area (Å²) in [5.41, 5.74) is 0.946. The molecule has 1 aromatic heterocycles. The summed E-state index contributed by atoms with van der Waals surface area (Å²) in [6.45, 7) is 3.01. The van der Waals surface area contributed by atoms with Gasteiger partial charge in [-0.3, -0.25) is 4.79 Å². The number of nitrogens with one attached hydrogen (secondary N) is 1. The number of piperidine rings is 1. The van der Waals surface area contributed by atoms with Gasteiger partial charge in [-0.2, -0.15) is 4.31 Å². The summed E-state index contributed by atoms with van der Waals surface area (Å²) < 4.78 is 28.6. The number of hydrogen-bond acceptors (Lipinski definition) is 5. The van der Waals surface area contributed by atoms with E-state index in [1.54, 1.807) is 18.2 Å². The number of benzene rings is 1. The van der Waals surface area contributed by atoms with Gasteiger partial charge >= 0.3 is 0 Å². The number of aromatic nitrogens is 1. The molecule has 0 unspecified atom stereocenters. The van der Waals surface area contributed by atoms with Crippen LogP contribution < -0.4 is 5.32 Å². The van der Waals surface area contributed by atoms with E-state index in [4.69, 9.17) is 0 Å². The summed E-state index contributed by atoms with van der Waals surface area (Å²) in [4.78, 5) is 16.9. The van der Waals surface area contributed by atoms with Crippen molar-refractivity contribution in [2.75, 3.05) is 13.1 Å². The summed E-state index contributed by atoms with van der Waals surface area (Å²) >= 11 is 8.17. The number of thiazole rings is 1. The van der Waals surface area contributed by atoms with Crippen LogP contribution in [0.5, 0.6) is 0 Å². The molecule has 2 heterocycles. The van der Waals surface area contributed by atoms with Crippen molar-refractivity contribution in [3.63, 3.8) is 0 Å². The van der Waals surface area contributed by atoms with Gasteiger partial charge in [0.25, 0.3) is 0 Å². The second-order valence-corrected chi connectivity index (χ2v) is 11.1. The number of sulfonamides is 1. The molecule has 0 bridgehead atoms. The van der Waals surface area contributed by atoms with Crippen molar-refractivity contribution in [3.8, 4) is 0 Å². The molecule has 1 amide bonds. The summed E-state index contributed by atoms with van der Waals surface area (Å²) in [6.07, 6.45) is 1.02. The number of aryl methyl sites for hydroxylation is 1. The molecule has 1 aliphatic rings. The Hall–Kier alpha value is -0.810. The Bertz CT molecular complexity index is 918. The van der Waals surface area contributed by atoms with Crippen LogP contribution in [-0.2, 0) is 21.4 Å². The number of rotatable bonds is 5. The van der Waals surface area contributed by atoms with Gasteiger partial charge in [-0.1, -0.05) is 31.9 Å². The quantitative estimate of drug-likeness (QED) is 0.632. The van der Waals surface area contributed by atoms with Gasteiger partial charge in [0.15, 0.2) is 0 Å². The number of nitrogens with zero attached hydrogens (tertiary/aromatic N) is 2. The molecule has 0 spiro atoms. The second kappa shape index (κ2) is 8.69. The molecular formula is C17H19Br2N3O3S2. The van der Waals surface area contributed by atoms with Crippen LogP contribution in [0.25, 0.3) is 0 Å². The van der Waals surface area contributed by atoms with Gasteiger partial charge in [-0.25, -0.2) is 13.4 Å². The molecule has 27 heavy (non-hydrogen) atoms. The standard InChI is InChI=1S/C17H19Br2N3O3S2/c1-11-10-26-16(21-11)9-20-17(23)12-2-4-22(5-3-12)27(24,25)15-7-13(18)6-14(19)8-15/h6-8,10,12H,2-5,9H2,1H3,(H,20,23). The molecule has 0 saturated carbocycles. The summed E-state index contributed by atoms with van der Waals surface area (Å²) in [5.74, 6) is -0.211. The van der Waals surface area contributed by atoms with Crippen molar-refractivity contribution >= 4 is 59.1 Å². The lowest BCUT2D eigenvalue weighted by molar-refractivity contribution is -0.126. The van der Waals surface area contributed by atoms with Gasteiger partial charge in [0.1, 0.15) is 5.01 Å². The lowest BCUT2D eigenvalue weighted by atomic mass is 9.97. The minimum absolute atomic E-state index is 0.0369. The van der Waals surface area contributed by atoms with E-state index in [1.807, 2.05) is 12.3 Å². The fourth-order valence-electron chi connectivity index (χ4n) is 2.98. The summed E-state index contributed by atoms with van der Waals surface area (Å²) in [7, 11) is -3.58. The average molecular weight is 537 g/mol. The Balaban J connectivity index is 1.58. The fourth-order valence-corrected chi connectivity index (χ4v) is 6.83. The molecule has 0 atom stereocenters. The number of carbonyl (C=O) groups excluding carboxylic acids is 1. The molecular weight excluding hydrogens is 518 g/mol. The van der Waals surface area contributed by atoms with Crippen molar-refractivity contribution in [1.29, 1.82) is 0 Å². The normalized spacial score (nSPS) is 16.4. The van der Waals surface area contributed by atoms with Crippen LogP contribution >= 0.6 is 43.2 Å². The Morgan fingerprint density at radius 2 is 1.89 bits per heavy atom. The maximum absolute atomic E-state index is 12.9. The molecule has 0 aliphatic carbocycles. The lowest BCUT2D eigenvalue weighted by Gasteiger charge is -2.30. The highest BCUT2D eigenvalue weighted by atomic mass is 79.9. The topological polar surface area (TPSA) is 79.4 Å². The van der Waals surface area contributed by atoms with Gasteiger partial charge in [0, 0.05) is 39.0 Å². The third-order valence-electron chi connectivity index (χ3n) is 4.38. The van der Waals surface area contributed by atoms with E-state index in [9.17, 15) is 13.2 Å². The van der Waals surface area contributed by atoms with Crippen LogP contribution in [-0.4, -0.2) is 36.7 Å². The van der Waals surface area contributed by atoms with Crippen molar-refractivity contribution < 1.29 is 13.2 Å². The van der Waals surface area contributed by atoms with E-state index in [2.05, 4.69) is 42.2 Å². The van der Waals surface area contributed by atoms with E-state index in [1.165, 1.54) is 15.6 Å². The van der Waals surface area contributed by atoms with Crippen LogP contribution in [0, 0.1) is 12.8 Å². The Morgan fingerprint density at radius 1 is 1.26 bits per heavy atom. The van der Waals surface area contributed by atoms with E-state index < -0.39 is 10.0 Å². The maximum Gasteiger partial charge on any atom is 0.243 e.